The van der Waals surface area contributed by atoms with Gasteiger partial charge in [-0.2, -0.15) is 0 Å². The van der Waals surface area contributed by atoms with Crippen molar-refractivity contribution in [3.8, 4) is 0 Å². The van der Waals surface area contributed by atoms with Crippen LogP contribution in [0, 0.1) is 0 Å². The SMILES string of the molecule is [Cu+2].[NH-]C(Cc1ccccc1)C(=O)[O-].[NH-]C(Cc1ccccc1)C(=O)[O-]. The number of nitrogens with one attached hydrogen (secondary N) is 2. The summed E-state index contributed by atoms with van der Waals surface area (Å²) in [5.41, 5.74) is 15.9. The Bertz CT molecular complexity index is 581. The van der Waals surface area contributed by atoms with Crippen LogP contribution in [-0.4, -0.2) is 24.0 Å². The molecular weight excluding hydrogens is 372 g/mol. The van der Waals surface area contributed by atoms with E-state index in [1.165, 1.54) is 0 Å². The molecule has 2 unspecified atom stereocenters. The standard InChI is InChI=1S/2C9H10NO2.Cu/c2*10-8(9(11)12)6-7-4-2-1-3-5-7;/h2*1-5,8,10H,6H2,(H,11,12);/q2*-1;+2/p-2. The second kappa shape index (κ2) is 12.2. The van der Waals surface area contributed by atoms with Crippen molar-refractivity contribution in [2.75, 3.05) is 0 Å². The number of aliphatic carboxylic acids is 2. The van der Waals surface area contributed by atoms with E-state index in [4.69, 9.17) is 11.5 Å². The number of carbonyl (C=O) groups excluding carboxylic acids is 2. The molecule has 0 aromatic heterocycles. The molecule has 7 heteroatoms. The van der Waals surface area contributed by atoms with E-state index in [1.807, 2.05) is 36.4 Å². The van der Waals surface area contributed by atoms with Gasteiger partial charge in [0.2, 0.25) is 0 Å². The first-order valence-corrected chi connectivity index (χ1v) is 7.32. The minimum absolute atomic E-state index is 0. The van der Waals surface area contributed by atoms with Gasteiger partial charge in [0.1, 0.15) is 0 Å². The summed E-state index contributed by atoms with van der Waals surface area (Å²) in [5.74, 6) is -2.64. The minimum atomic E-state index is -1.32. The first-order chi connectivity index (χ1) is 11.4. The van der Waals surface area contributed by atoms with Crippen LogP contribution in [0.1, 0.15) is 11.1 Å². The average Bonchev–Trinajstić information content (AvgIpc) is 2.57. The van der Waals surface area contributed by atoms with Crippen LogP contribution in [0.2, 0.25) is 0 Å². The van der Waals surface area contributed by atoms with E-state index in [0.717, 1.165) is 11.1 Å². The van der Waals surface area contributed by atoms with E-state index < -0.39 is 24.0 Å². The van der Waals surface area contributed by atoms with Crippen LogP contribution in [0.4, 0.5) is 0 Å². The molecule has 0 heterocycles. The Morgan fingerprint density at radius 2 is 1.00 bits per heavy atom. The summed E-state index contributed by atoms with van der Waals surface area (Å²) in [7, 11) is 0. The fourth-order valence-electron chi connectivity index (χ4n) is 1.87. The third-order valence-corrected chi connectivity index (χ3v) is 3.13. The van der Waals surface area contributed by atoms with Crippen LogP contribution in [0.15, 0.2) is 60.7 Å². The smallest absolute Gasteiger partial charge is 0.670 e. The van der Waals surface area contributed by atoms with E-state index in [-0.39, 0.29) is 29.9 Å². The van der Waals surface area contributed by atoms with Gasteiger partial charge < -0.3 is 31.3 Å². The van der Waals surface area contributed by atoms with Gasteiger partial charge in [0, 0.05) is 11.9 Å². The van der Waals surface area contributed by atoms with Crippen molar-refractivity contribution < 1.29 is 36.9 Å². The number of carboxylic acid groups (broad SMARTS) is 2. The Kier molecular flexibility index (Phi) is 11.2. The van der Waals surface area contributed by atoms with Crippen molar-refractivity contribution in [3.63, 3.8) is 0 Å². The maximum Gasteiger partial charge on any atom is 2.00 e. The van der Waals surface area contributed by atoms with Gasteiger partial charge >= 0.3 is 17.1 Å². The van der Waals surface area contributed by atoms with Gasteiger partial charge in [0.05, 0.1) is 0 Å². The Morgan fingerprint density at radius 1 is 0.720 bits per heavy atom. The Morgan fingerprint density at radius 3 is 1.24 bits per heavy atom. The van der Waals surface area contributed by atoms with Gasteiger partial charge in [-0.15, -0.1) is 0 Å². The molecule has 2 N–H and O–H groups in total. The largest absolute Gasteiger partial charge is 2.00 e. The fourth-order valence-corrected chi connectivity index (χ4v) is 1.87. The van der Waals surface area contributed by atoms with Crippen LogP contribution in [0.25, 0.3) is 11.5 Å². The molecule has 137 valence electrons. The van der Waals surface area contributed by atoms with Crippen LogP contribution < -0.4 is 10.2 Å². The van der Waals surface area contributed by atoms with E-state index in [1.54, 1.807) is 24.3 Å². The van der Waals surface area contributed by atoms with E-state index in [0.29, 0.717) is 0 Å². The van der Waals surface area contributed by atoms with Gasteiger partial charge in [0.15, 0.2) is 0 Å². The second-order valence-corrected chi connectivity index (χ2v) is 5.12. The fraction of sp³-hybridized carbons (Fsp3) is 0.222. The summed E-state index contributed by atoms with van der Waals surface area (Å²) in [6.45, 7) is 0. The number of hydrogen-bond acceptors (Lipinski definition) is 4. The Balaban J connectivity index is 0.000000443. The Hall–Kier alpha value is -2.18. The van der Waals surface area contributed by atoms with Crippen molar-refractivity contribution in [1.82, 2.24) is 0 Å². The van der Waals surface area contributed by atoms with Crippen molar-refractivity contribution in [2.24, 2.45) is 0 Å². The number of rotatable bonds is 6. The predicted molar refractivity (Wildman–Crippen MR) is 86.5 cm³/mol. The molecule has 0 aliphatic rings. The van der Waals surface area contributed by atoms with Gasteiger partial charge in [-0.1, -0.05) is 72.7 Å². The molecule has 2 atom stereocenters. The molecule has 0 aliphatic carbocycles. The van der Waals surface area contributed by atoms with Crippen LogP contribution in [0.3, 0.4) is 0 Å². The van der Waals surface area contributed by atoms with Gasteiger partial charge in [-0.3, -0.25) is 0 Å². The van der Waals surface area contributed by atoms with Crippen molar-refractivity contribution in [3.05, 3.63) is 83.3 Å². The molecule has 2 aromatic carbocycles. The summed E-state index contributed by atoms with van der Waals surface area (Å²) in [5, 5.41) is 20.4. The zero-order chi connectivity index (χ0) is 17.9. The van der Waals surface area contributed by atoms with Crippen molar-refractivity contribution in [1.29, 1.82) is 0 Å². The predicted octanol–water partition coefficient (Wildman–Crippen LogP) is 0.797. The van der Waals surface area contributed by atoms with E-state index in [9.17, 15) is 19.8 Å². The third-order valence-electron chi connectivity index (χ3n) is 3.13. The molecule has 0 amide bonds. The van der Waals surface area contributed by atoms with Crippen molar-refractivity contribution in [2.45, 2.75) is 24.9 Å². The summed E-state index contributed by atoms with van der Waals surface area (Å²) in [4.78, 5) is 20.4. The van der Waals surface area contributed by atoms with E-state index >= 15 is 0 Å². The third kappa shape index (κ3) is 9.64. The molecule has 0 bridgehead atoms. The zero-order valence-electron chi connectivity index (χ0n) is 13.3. The molecule has 0 saturated carbocycles. The molecule has 25 heavy (non-hydrogen) atoms. The molecule has 2 rings (SSSR count). The molecule has 6 nitrogen and oxygen atoms in total. The summed E-state index contributed by atoms with van der Waals surface area (Å²) < 4.78 is 0. The maximum atomic E-state index is 10.2. The summed E-state index contributed by atoms with van der Waals surface area (Å²) in [6, 6.07) is 15.8. The van der Waals surface area contributed by atoms with Crippen LogP contribution in [-0.2, 0) is 39.5 Å². The van der Waals surface area contributed by atoms with Gasteiger partial charge in [-0.05, 0) is 24.0 Å². The second-order valence-electron chi connectivity index (χ2n) is 5.12. The zero-order valence-corrected chi connectivity index (χ0v) is 14.2. The molecule has 0 saturated heterocycles. The maximum absolute atomic E-state index is 10.2. The number of benzene rings is 2. The minimum Gasteiger partial charge on any atom is -0.670 e. The average molecular weight is 390 g/mol. The number of carbonyl (C=O) groups is 2. The van der Waals surface area contributed by atoms with Crippen LogP contribution >= 0.6 is 0 Å². The molecule has 2 aromatic rings. The molecule has 1 radical (unpaired) electrons. The van der Waals surface area contributed by atoms with Crippen molar-refractivity contribution >= 4 is 11.9 Å². The Labute approximate surface area is 157 Å². The molecule has 0 aliphatic heterocycles. The molecule has 0 spiro atoms. The van der Waals surface area contributed by atoms with Gasteiger partial charge in [0.25, 0.3) is 0 Å². The molecular formula is C18H18CuN2O4-2. The normalized spacial score (nSPS) is 11.9. The summed E-state index contributed by atoms with van der Waals surface area (Å²) >= 11 is 0. The topological polar surface area (TPSA) is 128 Å². The van der Waals surface area contributed by atoms with Crippen LogP contribution in [0.5, 0.6) is 0 Å². The molecule has 0 fully saturated rings. The van der Waals surface area contributed by atoms with Gasteiger partial charge in [-0.25, -0.2) is 0 Å². The number of carboxylic acids is 2. The monoisotopic (exact) mass is 389 g/mol. The first-order valence-electron chi connectivity index (χ1n) is 7.32. The van der Waals surface area contributed by atoms with E-state index in [2.05, 4.69) is 0 Å². The first kappa shape index (κ1) is 22.8. The quantitative estimate of drug-likeness (QED) is 0.676. The summed E-state index contributed by atoms with van der Waals surface area (Å²) in [6.07, 6.45) is 0.423. The number of hydrogen-bond donors (Lipinski definition) is 0.